The first-order valence-corrected chi connectivity index (χ1v) is 9.07. The van der Waals surface area contributed by atoms with Crippen LogP contribution in [0.1, 0.15) is 46.6 Å². The lowest BCUT2D eigenvalue weighted by molar-refractivity contribution is 0.174. The third kappa shape index (κ3) is 6.91. The summed E-state index contributed by atoms with van der Waals surface area (Å²) < 4.78 is 1.83. The molecule has 1 aromatic rings. The third-order valence-electron chi connectivity index (χ3n) is 4.04. The number of aryl methyl sites for hydroxylation is 1. The van der Waals surface area contributed by atoms with Crippen molar-refractivity contribution in [2.45, 2.75) is 59.7 Å². The summed E-state index contributed by atoms with van der Waals surface area (Å²) in [5.74, 6) is 0.960. The normalized spacial score (nSPS) is 12.5. The molecule has 0 aliphatic heterocycles. The van der Waals surface area contributed by atoms with Gasteiger partial charge in [0.1, 0.15) is 0 Å². The molecule has 6 nitrogen and oxygen atoms in total. The van der Waals surface area contributed by atoms with Crippen molar-refractivity contribution in [3.63, 3.8) is 0 Å². The van der Waals surface area contributed by atoms with Crippen LogP contribution in [0.5, 0.6) is 0 Å². The molecule has 0 fully saturated rings. The van der Waals surface area contributed by atoms with Gasteiger partial charge in [0.15, 0.2) is 5.96 Å². The SMILES string of the molecule is CCNC(=NCCCN(C(C)C)C(C)C)N(C)Cc1cnn(C)c1. The first-order chi connectivity index (χ1) is 11.3. The van der Waals surface area contributed by atoms with Crippen LogP contribution in [-0.2, 0) is 13.6 Å². The van der Waals surface area contributed by atoms with Gasteiger partial charge in [-0.2, -0.15) is 5.10 Å². The molecule has 0 atom stereocenters. The van der Waals surface area contributed by atoms with E-state index in [-0.39, 0.29) is 0 Å². The molecule has 1 heterocycles. The molecule has 0 radical (unpaired) electrons. The Labute approximate surface area is 147 Å². The molecule has 0 amide bonds. The lowest BCUT2D eigenvalue weighted by Gasteiger charge is -2.30. The van der Waals surface area contributed by atoms with Gasteiger partial charge < -0.3 is 10.2 Å². The molecule has 1 N–H and O–H groups in total. The van der Waals surface area contributed by atoms with Crippen LogP contribution >= 0.6 is 0 Å². The molecular weight excluding hydrogens is 300 g/mol. The molecule has 1 rings (SSSR count). The van der Waals surface area contributed by atoms with Gasteiger partial charge in [0.25, 0.3) is 0 Å². The predicted octanol–water partition coefficient (Wildman–Crippen LogP) is 2.33. The predicted molar refractivity (Wildman–Crippen MR) is 102 cm³/mol. The lowest BCUT2D eigenvalue weighted by Crippen LogP contribution is -2.39. The molecule has 0 spiro atoms. The Balaban J connectivity index is 2.55. The average Bonchev–Trinajstić information content (AvgIpc) is 2.90. The molecule has 0 aliphatic carbocycles. The largest absolute Gasteiger partial charge is 0.357 e. The van der Waals surface area contributed by atoms with Gasteiger partial charge in [-0.1, -0.05) is 0 Å². The van der Waals surface area contributed by atoms with E-state index in [1.165, 1.54) is 5.56 Å². The number of guanidine groups is 1. The average molecular weight is 337 g/mol. The van der Waals surface area contributed by atoms with E-state index < -0.39 is 0 Å². The second kappa shape index (κ2) is 10.3. The van der Waals surface area contributed by atoms with Crippen molar-refractivity contribution in [3.8, 4) is 0 Å². The standard InChI is InChI=1S/C18H36N6/c1-8-19-18(22(6)13-17-12-21-23(7)14-17)20-10-9-11-24(15(2)3)16(4)5/h12,14-16H,8-11,13H2,1-7H3,(H,19,20). The van der Waals surface area contributed by atoms with Gasteiger partial charge in [-0.05, 0) is 41.0 Å². The molecule has 6 heteroatoms. The van der Waals surface area contributed by atoms with Crippen molar-refractivity contribution in [1.29, 1.82) is 0 Å². The highest BCUT2D eigenvalue weighted by Gasteiger charge is 2.12. The Kier molecular flexibility index (Phi) is 8.82. The Morgan fingerprint density at radius 3 is 2.46 bits per heavy atom. The van der Waals surface area contributed by atoms with Crippen LogP contribution in [0.15, 0.2) is 17.4 Å². The summed E-state index contributed by atoms with van der Waals surface area (Å²) in [4.78, 5) is 9.46. The second-order valence-electron chi connectivity index (χ2n) is 6.89. The smallest absolute Gasteiger partial charge is 0.193 e. The maximum atomic E-state index is 4.78. The fraction of sp³-hybridized carbons (Fsp3) is 0.778. The minimum atomic E-state index is 0.579. The van der Waals surface area contributed by atoms with Crippen LogP contribution in [0.3, 0.4) is 0 Å². The molecule has 0 aliphatic rings. The van der Waals surface area contributed by atoms with Gasteiger partial charge in [-0.3, -0.25) is 14.6 Å². The number of nitrogens with zero attached hydrogens (tertiary/aromatic N) is 5. The van der Waals surface area contributed by atoms with E-state index in [1.807, 2.05) is 24.1 Å². The highest BCUT2D eigenvalue weighted by Crippen LogP contribution is 2.06. The van der Waals surface area contributed by atoms with Crippen molar-refractivity contribution in [3.05, 3.63) is 18.0 Å². The summed E-state index contributed by atoms with van der Waals surface area (Å²) in [7, 11) is 4.01. The monoisotopic (exact) mass is 336 g/mol. The zero-order valence-corrected chi connectivity index (χ0v) is 16.6. The maximum absolute atomic E-state index is 4.78. The van der Waals surface area contributed by atoms with Crippen LogP contribution in [0.2, 0.25) is 0 Å². The number of rotatable bonds is 9. The van der Waals surface area contributed by atoms with Crippen molar-refractivity contribution >= 4 is 5.96 Å². The fourth-order valence-electron chi connectivity index (χ4n) is 2.92. The van der Waals surface area contributed by atoms with Crippen molar-refractivity contribution < 1.29 is 0 Å². The van der Waals surface area contributed by atoms with Gasteiger partial charge in [-0.15, -0.1) is 0 Å². The van der Waals surface area contributed by atoms with E-state index in [1.54, 1.807) is 0 Å². The maximum Gasteiger partial charge on any atom is 0.193 e. The minimum Gasteiger partial charge on any atom is -0.357 e. The zero-order valence-electron chi connectivity index (χ0n) is 16.6. The van der Waals surface area contributed by atoms with Crippen LogP contribution in [0.25, 0.3) is 0 Å². The van der Waals surface area contributed by atoms with Gasteiger partial charge in [0.05, 0.1) is 6.20 Å². The van der Waals surface area contributed by atoms with Gasteiger partial charge in [0, 0.05) is 64.1 Å². The topological polar surface area (TPSA) is 48.7 Å². The number of hydrogen-bond acceptors (Lipinski definition) is 3. The molecule has 0 saturated carbocycles. The molecule has 1 aromatic heterocycles. The second-order valence-corrected chi connectivity index (χ2v) is 6.89. The van der Waals surface area contributed by atoms with Crippen LogP contribution in [0, 0.1) is 0 Å². The molecule has 24 heavy (non-hydrogen) atoms. The Morgan fingerprint density at radius 1 is 1.29 bits per heavy atom. The van der Waals surface area contributed by atoms with E-state index in [2.05, 4.69) is 61.9 Å². The van der Waals surface area contributed by atoms with E-state index >= 15 is 0 Å². The van der Waals surface area contributed by atoms with Gasteiger partial charge >= 0.3 is 0 Å². The van der Waals surface area contributed by atoms with Crippen LogP contribution < -0.4 is 5.32 Å². The van der Waals surface area contributed by atoms with Crippen LogP contribution in [-0.4, -0.2) is 64.3 Å². The molecule has 0 bridgehead atoms. The first-order valence-electron chi connectivity index (χ1n) is 9.07. The summed E-state index contributed by atoms with van der Waals surface area (Å²) in [6.07, 6.45) is 5.03. The fourth-order valence-corrected chi connectivity index (χ4v) is 2.92. The van der Waals surface area contributed by atoms with E-state index in [0.29, 0.717) is 12.1 Å². The third-order valence-corrected chi connectivity index (χ3v) is 4.04. The number of hydrogen-bond donors (Lipinski definition) is 1. The molecule has 0 saturated heterocycles. The molecule has 0 unspecified atom stereocenters. The van der Waals surface area contributed by atoms with E-state index in [9.17, 15) is 0 Å². The van der Waals surface area contributed by atoms with E-state index in [4.69, 9.17) is 4.99 Å². The molecular formula is C18H36N6. The summed E-state index contributed by atoms with van der Waals surface area (Å²) in [6.45, 7) is 14.8. The molecule has 138 valence electrons. The summed E-state index contributed by atoms with van der Waals surface area (Å²) in [6, 6.07) is 1.16. The van der Waals surface area contributed by atoms with Gasteiger partial charge in [-0.25, -0.2) is 0 Å². The summed E-state index contributed by atoms with van der Waals surface area (Å²) >= 11 is 0. The number of nitrogens with one attached hydrogen (secondary N) is 1. The van der Waals surface area contributed by atoms with Crippen molar-refractivity contribution in [2.24, 2.45) is 12.0 Å². The highest BCUT2D eigenvalue weighted by molar-refractivity contribution is 5.79. The Hall–Kier alpha value is -1.56. The highest BCUT2D eigenvalue weighted by atomic mass is 15.3. The number of aliphatic imine (C=N–C) groups is 1. The minimum absolute atomic E-state index is 0.579. The zero-order chi connectivity index (χ0) is 18.1. The Morgan fingerprint density at radius 2 is 1.96 bits per heavy atom. The van der Waals surface area contributed by atoms with Crippen molar-refractivity contribution in [1.82, 2.24) is 24.9 Å². The lowest BCUT2D eigenvalue weighted by atomic mass is 10.2. The summed E-state index contributed by atoms with van der Waals surface area (Å²) in [5.41, 5.74) is 1.19. The molecule has 0 aromatic carbocycles. The van der Waals surface area contributed by atoms with Crippen LogP contribution in [0.4, 0.5) is 0 Å². The Bertz CT molecular complexity index is 483. The summed E-state index contributed by atoms with van der Waals surface area (Å²) in [5, 5.41) is 7.61. The van der Waals surface area contributed by atoms with Crippen molar-refractivity contribution in [2.75, 3.05) is 26.7 Å². The van der Waals surface area contributed by atoms with Gasteiger partial charge in [0.2, 0.25) is 0 Å². The quantitative estimate of drug-likeness (QED) is 0.427. The van der Waals surface area contributed by atoms with E-state index in [0.717, 1.165) is 38.6 Å². The first kappa shape index (κ1) is 20.5. The number of aromatic nitrogens is 2.